The first kappa shape index (κ1) is 22.5. The van der Waals surface area contributed by atoms with Gasteiger partial charge in [0.2, 0.25) is 15.9 Å². The fraction of sp³-hybridized carbons (Fsp3) is 0.650. The molecule has 1 rings (SSSR count). The molecule has 1 aromatic carbocycles. The number of carbonyl (C=O) groups is 1. The molecule has 0 aliphatic carbocycles. The molecule has 0 atom stereocenters. The number of rotatable bonds is 8. The third kappa shape index (κ3) is 7.77. The maximum atomic E-state index is 12.3. The van der Waals surface area contributed by atoms with Gasteiger partial charge in [-0.3, -0.25) is 9.10 Å². The molecule has 1 amide bonds. The number of hydrogen-bond donors (Lipinski definition) is 1. The Bertz CT molecular complexity index is 719. The molecule has 0 saturated heterocycles. The van der Waals surface area contributed by atoms with Gasteiger partial charge in [-0.05, 0) is 50.7 Å². The maximum absolute atomic E-state index is 12.3. The Hall–Kier alpha value is -1.56. The predicted octanol–water partition coefficient (Wildman–Crippen LogP) is 3.87. The third-order valence-electron chi connectivity index (χ3n) is 4.00. The summed E-state index contributed by atoms with van der Waals surface area (Å²) in [7, 11) is -3.40. The van der Waals surface area contributed by atoms with Gasteiger partial charge in [0, 0.05) is 18.5 Å². The van der Waals surface area contributed by atoms with E-state index in [1.165, 1.54) is 10.6 Å². The van der Waals surface area contributed by atoms with Crippen molar-refractivity contribution >= 4 is 21.6 Å². The van der Waals surface area contributed by atoms with Crippen molar-refractivity contribution in [2.24, 2.45) is 5.41 Å². The lowest BCUT2D eigenvalue weighted by Crippen LogP contribution is -2.46. The first-order valence-electron chi connectivity index (χ1n) is 9.06. The largest absolute Gasteiger partial charge is 0.351 e. The molecule has 0 saturated carbocycles. The minimum Gasteiger partial charge on any atom is -0.351 e. The summed E-state index contributed by atoms with van der Waals surface area (Å²) in [5, 5.41) is 3.07. The fourth-order valence-electron chi connectivity index (χ4n) is 3.50. The Balaban J connectivity index is 2.69. The number of aryl methyl sites for hydroxylation is 1. The van der Waals surface area contributed by atoms with Gasteiger partial charge in [-0.15, -0.1) is 0 Å². The molecule has 6 heteroatoms. The first-order chi connectivity index (χ1) is 11.7. The molecule has 0 fully saturated rings. The summed E-state index contributed by atoms with van der Waals surface area (Å²) < 4.78 is 25.7. The lowest BCUT2D eigenvalue weighted by atomic mass is 9.82. The average Bonchev–Trinajstić information content (AvgIpc) is 2.40. The zero-order valence-corrected chi connectivity index (χ0v) is 18.0. The summed E-state index contributed by atoms with van der Waals surface area (Å²) >= 11 is 0. The molecular formula is C20H34N2O3S. The van der Waals surface area contributed by atoms with Gasteiger partial charge in [0.05, 0.1) is 11.9 Å². The monoisotopic (exact) mass is 382 g/mol. The van der Waals surface area contributed by atoms with E-state index in [2.05, 4.69) is 26.1 Å². The van der Waals surface area contributed by atoms with Gasteiger partial charge in [0.15, 0.2) is 0 Å². The number of nitrogens with zero attached hydrogens (tertiary/aromatic N) is 1. The van der Waals surface area contributed by atoms with Gasteiger partial charge in [0.1, 0.15) is 0 Å². The lowest BCUT2D eigenvalue weighted by molar-refractivity contribution is -0.123. The van der Waals surface area contributed by atoms with Gasteiger partial charge in [-0.1, -0.05) is 39.0 Å². The van der Waals surface area contributed by atoms with Crippen molar-refractivity contribution in [2.45, 2.75) is 66.3 Å². The smallest absolute Gasteiger partial charge is 0.232 e. The third-order valence-corrected chi connectivity index (χ3v) is 5.18. The molecule has 5 nitrogen and oxygen atoms in total. The van der Waals surface area contributed by atoms with Crippen molar-refractivity contribution < 1.29 is 13.2 Å². The highest BCUT2D eigenvalue weighted by molar-refractivity contribution is 7.92. The molecule has 26 heavy (non-hydrogen) atoms. The van der Waals surface area contributed by atoms with Gasteiger partial charge in [-0.2, -0.15) is 0 Å². The number of sulfonamides is 1. The van der Waals surface area contributed by atoms with Crippen LogP contribution in [0.1, 0.15) is 59.4 Å². The van der Waals surface area contributed by atoms with Crippen LogP contribution in [-0.4, -0.2) is 32.7 Å². The molecule has 148 valence electrons. The summed E-state index contributed by atoms with van der Waals surface area (Å²) in [4.78, 5) is 12.3. The number of benzene rings is 1. The molecule has 0 unspecified atom stereocenters. The van der Waals surface area contributed by atoms with Crippen LogP contribution in [0.15, 0.2) is 24.3 Å². The minimum atomic E-state index is -3.40. The van der Waals surface area contributed by atoms with Gasteiger partial charge in [0.25, 0.3) is 0 Å². The van der Waals surface area contributed by atoms with E-state index in [4.69, 9.17) is 0 Å². The Morgan fingerprint density at radius 2 is 1.69 bits per heavy atom. The van der Waals surface area contributed by atoms with Crippen molar-refractivity contribution in [2.75, 3.05) is 17.1 Å². The van der Waals surface area contributed by atoms with Crippen LogP contribution in [0, 0.1) is 12.3 Å². The molecule has 0 aliphatic heterocycles. The normalized spacial score (nSPS) is 12.7. The fourth-order valence-corrected chi connectivity index (χ4v) is 4.52. The Morgan fingerprint density at radius 3 is 2.19 bits per heavy atom. The highest BCUT2D eigenvalue weighted by Crippen LogP contribution is 2.27. The highest BCUT2D eigenvalue weighted by atomic mass is 32.2. The van der Waals surface area contributed by atoms with Crippen molar-refractivity contribution in [3.63, 3.8) is 0 Å². The van der Waals surface area contributed by atoms with Crippen LogP contribution in [0.5, 0.6) is 0 Å². The zero-order chi connectivity index (χ0) is 20.2. The topological polar surface area (TPSA) is 66.5 Å². The molecular weight excluding hydrogens is 348 g/mol. The summed E-state index contributed by atoms with van der Waals surface area (Å²) in [6.45, 7) is 12.7. The second-order valence-corrected chi connectivity index (χ2v) is 10.8. The molecule has 0 aromatic heterocycles. The number of carbonyl (C=O) groups excluding carboxylic acids is 1. The Labute approximate surface area is 159 Å². The minimum absolute atomic E-state index is 0.0440. The van der Waals surface area contributed by atoms with Crippen LogP contribution in [0.4, 0.5) is 5.69 Å². The van der Waals surface area contributed by atoms with E-state index < -0.39 is 10.0 Å². The van der Waals surface area contributed by atoms with Crippen molar-refractivity contribution in [1.29, 1.82) is 0 Å². The second-order valence-electron chi connectivity index (χ2n) is 8.89. The predicted molar refractivity (Wildman–Crippen MR) is 109 cm³/mol. The molecule has 0 bridgehead atoms. The lowest BCUT2D eigenvalue weighted by Gasteiger charge is -2.33. The van der Waals surface area contributed by atoms with Crippen molar-refractivity contribution in [3.8, 4) is 0 Å². The van der Waals surface area contributed by atoms with Gasteiger partial charge in [-0.25, -0.2) is 8.42 Å². The highest BCUT2D eigenvalue weighted by Gasteiger charge is 2.27. The van der Waals surface area contributed by atoms with Crippen LogP contribution in [-0.2, 0) is 14.8 Å². The summed E-state index contributed by atoms with van der Waals surface area (Å²) in [6, 6.07) is 7.38. The number of para-hydroxylation sites is 1. The second kappa shape index (κ2) is 8.42. The zero-order valence-electron chi connectivity index (χ0n) is 17.2. The van der Waals surface area contributed by atoms with E-state index in [9.17, 15) is 13.2 Å². The van der Waals surface area contributed by atoms with Crippen LogP contribution in [0.2, 0.25) is 0 Å². The van der Waals surface area contributed by atoms with Crippen LogP contribution in [0.25, 0.3) is 0 Å². The average molecular weight is 383 g/mol. The number of hydrogen-bond acceptors (Lipinski definition) is 3. The number of amides is 1. The maximum Gasteiger partial charge on any atom is 0.232 e. The first-order valence-corrected chi connectivity index (χ1v) is 10.9. The van der Waals surface area contributed by atoms with E-state index in [0.29, 0.717) is 18.5 Å². The van der Waals surface area contributed by atoms with Crippen LogP contribution < -0.4 is 9.62 Å². The molecule has 0 heterocycles. The molecule has 0 radical (unpaired) electrons. The van der Waals surface area contributed by atoms with Gasteiger partial charge >= 0.3 is 0 Å². The quantitative estimate of drug-likeness (QED) is 0.742. The Morgan fingerprint density at radius 1 is 1.12 bits per heavy atom. The van der Waals surface area contributed by atoms with E-state index in [-0.39, 0.29) is 23.4 Å². The van der Waals surface area contributed by atoms with E-state index in [1.807, 2.05) is 39.0 Å². The summed E-state index contributed by atoms with van der Waals surface area (Å²) in [5.41, 5.74) is 1.40. The molecule has 0 spiro atoms. The van der Waals surface area contributed by atoms with Crippen molar-refractivity contribution in [1.82, 2.24) is 5.32 Å². The molecule has 1 N–H and O–H groups in total. The SMILES string of the molecule is Cc1ccccc1N(CCCC(=O)NC(C)(C)CC(C)(C)C)S(C)(=O)=O. The van der Waals surface area contributed by atoms with E-state index in [1.54, 1.807) is 6.07 Å². The molecule has 1 aromatic rings. The van der Waals surface area contributed by atoms with Gasteiger partial charge < -0.3 is 5.32 Å². The number of anilines is 1. The van der Waals surface area contributed by atoms with Crippen LogP contribution in [0.3, 0.4) is 0 Å². The molecule has 0 aliphatic rings. The summed E-state index contributed by atoms with van der Waals surface area (Å²) in [6.07, 6.45) is 2.83. The standard InChI is InChI=1S/C20H34N2O3S/c1-16-11-8-9-12-17(16)22(26(7,24)25)14-10-13-18(23)21-20(5,6)15-19(2,3)4/h8-9,11-12H,10,13-15H2,1-7H3,(H,21,23). The van der Waals surface area contributed by atoms with Crippen LogP contribution >= 0.6 is 0 Å². The van der Waals surface area contributed by atoms with E-state index in [0.717, 1.165) is 12.0 Å². The number of nitrogens with one attached hydrogen (secondary N) is 1. The summed E-state index contributed by atoms with van der Waals surface area (Å²) in [5.74, 6) is -0.0440. The van der Waals surface area contributed by atoms with E-state index >= 15 is 0 Å². The van der Waals surface area contributed by atoms with Crippen molar-refractivity contribution in [3.05, 3.63) is 29.8 Å². The Kier molecular flexibility index (Phi) is 7.28.